The summed E-state index contributed by atoms with van der Waals surface area (Å²) in [4.78, 5) is 4.48. The Balaban J connectivity index is 1.89. The van der Waals surface area contributed by atoms with Crippen molar-refractivity contribution in [1.82, 2.24) is 4.98 Å². The Labute approximate surface area is 107 Å². The zero-order valence-electron chi connectivity index (χ0n) is 10.4. The average molecular weight is 239 g/mol. The van der Waals surface area contributed by atoms with Gasteiger partial charge in [0.25, 0.3) is 0 Å². The lowest BCUT2D eigenvalue weighted by Gasteiger charge is -2.19. The second-order valence-electron chi connectivity index (χ2n) is 4.85. The van der Waals surface area contributed by atoms with E-state index in [0.29, 0.717) is 0 Å². The van der Waals surface area contributed by atoms with Gasteiger partial charge in [0.1, 0.15) is 5.82 Å². The number of nitrogens with one attached hydrogen (secondary N) is 1. The van der Waals surface area contributed by atoms with Crippen LogP contribution >= 0.6 is 0 Å². The van der Waals surface area contributed by atoms with Crippen LogP contribution in [0.25, 0.3) is 0 Å². The molecule has 0 bridgehead atoms. The molecule has 0 spiro atoms. The third-order valence-corrected chi connectivity index (χ3v) is 3.47. The van der Waals surface area contributed by atoms with Crippen LogP contribution in [0.1, 0.15) is 22.9 Å². The van der Waals surface area contributed by atoms with E-state index in [9.17, 15) is 0 Å². The number of nitrogens with two attached hydrogens (primary N) is 1. The predicted molar refractivity (Wildman–Crippen MR) is 73.5 cm³/mol. The smallest absolute Gasteiger partial charge is 0.126 e. The summed E-state index contributed by atoms with van der Waals surface area (Å²) in [7, 11) is 0. The number of hydrogen-bond donors (Lipinski definition) is 2. The first-order chi connectivity index (χ1) is 8.74. The predicted octanol–water partition coefficient (Wildman–Crippen LogP) is 2.43. The van der Waals surface area contributed by atoms with Crippen LogP contribution in [0.3, 0.4) is 0 Å². The van der Waals surface area contributed by atoms with Gasteiger partial charge in [0.2, 0.25) is 0 Å². The molecule has 1 aromatic carbocycles. The lowest BCUT2D eigenvalue weighted by Crippen LogP contribution is -2.30. The molecule has 3 rings (SSSR count). The van der Waals surface area contributed by atoms with Crippen molar-refractivity contribution in [2.24, 2.45) is 5.73 Å². The third-order valence-electron chi connectivity index (χ3n) is 3.47. The number of aromatic nitrogens is 1. The van der Waals surface area contributed by atoms with E-state index in [0.717, 1.165) is 17.9 Å². The van der Waals surface area contributed by atoms with Crippen LogP contribution in [0.15, 0.2) is 42.5 Å². The quantitative estimate of drug-likeness (QED) is 0.846. The summed E-state index contributed by atoms with van der Waals surface area (Å²) < 4.78 is 0. The Bertz CT molecular complexity index is 565. The van der Waals surface area contributed by atoms with Crippen molar-refractivity contribution in [3.63, 3.8) is 0 Å². The fourth-order valence-electron chi connectivity index (χ4n) is 2.59. The van der Waals surface area contributed by atoms with Gasteiger partial charge in [-0.05, 0) is 36.6 Å². The van der Waals surface area contributed by atoms with Gasteiger partial charge in [0.05, 0.1) is 6.04 Å². The molecule has 2 aromatic rings. The van der Waals surface area contributed by atoms with Gasteiger partial charge >= 0.3 is 0 Å². The highest BCUT2D eigenvalue weighted by molar-refractivity contribution is 5.45. The summed E-state index contributed by atoms with van der Waals surface area (Å²) in [5.74, 6) is 0.896. The van der Waals surface area contributed by atoms with Crippen molar-refractivity contribution < 1.29 is 0 Å². The molecular weight excluding hydrogens is 222 g/mol. The summed E-state index contributed by atoms with van der Waals surface area (Å²) >= 11 is 0. The molecule has 0 saturated carbocycles. The standard InChI is InChI=1S/C15H17N3/c1-10-5-4-8-14(17-10)18-15-12-7-3-2-6-11(12)9-13(15)16/h2-8,13,15H,9,16H2,1H3,(H,17,18). The molecule has 0 aliphatic heterocycles. The van der Waals surface area contributed by atoms with Gasteiger partial charge in [-0.1, -0.05) is 30.3 Å². The molecule has 18 heavy (non-hydrogen) atoms. The van der Waals surface area contributed by atoms with E-state index in [1.54, 1.807) is 0 Å². The van der Waals surface area contributed by atoms with Crippen molar-refractivity contribution in [2.75, 3.05) is 5.32 Å². The van der Waals surface area contributed by atoms with Gasteiger partial charge in [-0.25, -0.2) is 4.98 Å². The topological polar surface area (TPSA) is 50.9 Å². The number of benzene rings is 1. The number of nitrogens with zero attached hydrogens (tertiary/aromatic N) is 1. The van der Waals surface area contributed by atoms with Crippen LogP contribution in [0, 0.1) is 6.92 Å². The highest BCUT2D eigenvalue weighted by Crippen LogP contribution is 2.32. The lowest BCUT2D eigenvalue weighted by molar-refractivity contribution is 0.623. The largest absolute Gasteiger partial charge is 0.362 e. The van der Waals surface area contributed by atoms with Gasteiger partial charge in [-0.15, -0.1) is 0 Å². The molecule has 1 heterocycles. The minimum atomic E-state index is 0.115. The molecule has 92 valence electrons. The van der Waals surface area contributed by atoms with Crippen molar-refractivity contribution in [1.29, 1.82) is 0 Å². The van der Waals surface area contributed by atoms with Crippen LogP contribution in [0.5, 0.6) is 0 Å². The van der Waals surface area contributed by atoms with E-state index in [1.807, 2.05) is 25.1 Å². The van der Waals surface area contributed by atoms with E-state index in [4.69, 9.17) is 5.73 Å². The summed E-state index contributed by atoms with van der Waals surface area (Å²) in [6, 6.07) is 14.7. The van der Waals surface area contributed by atoms with Crippen molar-refractivity contribution in [2.45, 2.75) is 25.4 Å². The first-order valence-electron chi connectivity index (χ1n) is 6.27. The normalized spacial score (nSPS) is 21.7. The number of hydrogen-bond acceptors (Lipinski definition) is 3. The van der Waals surface area contributed by atoms with Gasteiger partial charge in [-0.2, -0.15) is 0 Å². The molecule has 2 atom stereocenters. The van der Waals surface area contributed by atoms with Crippen molar-refractivity contribution >= 4 is 5.82 Å². The number of aryl methyl sites for hydroxylation is 1. The molecule has 0 radical (unpaired) electrons. The first kappa shape index (κ1) is 11.2. The summed E-state index contributed by atoms with van der Waals surface area (Å²) in [6.45, 7) is 1.99. The highest BCUT2D eigenvalue weighted by atomic mass is 15.0. The fraction of sp³-hybridized carbons (Fsp3) is 0.267. The summed E-state index contributed by atoms with van der Waals surface area (Å²) in [5.41, 5.74) is 9.88. The zero-order chi connectivity index (χ0) is 12.5. The number of pyridine rings is 1. The zero-order valence-corrected chi connectivity index (χ0v) is 10.4. The van der Waals surface area contributed by atoms with Gasteiger partial charge in [-0.3, -0.25) is 0 Å². The van der Waals surface area contributed by atoms with Crippen LogP contribution in [-0.2, 0) is 6.42 Å². The Hall–Kier alpha value is -1.87. The molecule has 2 unspecified atom stereocenters. The number of fused-ring (bicyclic) bond motifs is 1. The van der Waals surface area contributed by atoms with E-state index in [-0.39, 0.29) is 12.1 Å². The Morgan fingerprint density at radius 2 is 2.00 bits per heavy atom. The highest BCUT2D eigenvalue weighted by Gasteiger charge is 2.29. The molecule has 3 heteroatoms. The molecule has 1 aliphatic carbocycles. The van der Waals surface area contributed by atoms with Gasteiger partial charge < -0.3 is 11.1 Å². The number of rotatable bonds is 2. The van der Waals surface area contributed by atoms with E-state index in [1.165, 1.54) is 11.1 Å². The Morgan fingerprint density at radius 1 is 1.17 bits per heavy atom. The van der Waals surface area contributed by atoms with E-state index < -0.39 is 0 Å². The number of anilines is 1. The van der Waals surface area contributed by atoms with Gasteiger partial charge in [0.15, 0.2) is 0 Å². The van der Waals surface area contributed by atoms with Crippen LogP contribution in [0.2, 0.25) is 0 Å². The molecule has 0 amide bonds. The van der Waals surface area contributed by atoms with E-state index in [2.05, 4.69) is 34.6 Å². The second kappa shape index (κ2) is 4.42. The SMILES string of the molecule is Cc1cccc(NC2c3ccccc3CC2N)n1. The molecule has 1 aromatic heterocycles. The molecule has 0 saturated heterocycles. The fourth-order valence-corrected chi connectivity index (χ4v) is 2.59. The van der Waals surface area contributed by atoms with E-state index >= 15 is 0 Å². The molecule has 3 nitrogen and oxygen atoms in total. The minimum absolute atomic E-state index is 0.115. The van der Waals surface area contributed by atoms with Crippen LogP contribution in [0.4, 0.5) is 5.82 Å². The third kappa shape index (κ3) is 1.97. The molecule has 3 N–H and O–H groups in total. The maximum Gasteiger partial charge on any atom is 0.126 e. The Morgan fingerprint density at radius 3 is 2.83 bits per heavy atom. The van der Waals surface area contributed by atoms with Crippen LogP contribution in [-0.4, -0.2) is 11.0 Å². The minimum Gasteiger partial charge on any atom is -0.362 e. The second-order valence-corrected chi connectivity index (χ2v) is 4.85. The first-order valence-corrected chi connectivity index (χ1v) is 6.27. The maximum atomic E-state index is 6.22. The monoisotopic (exact) mass is 239 g/mol. The lowest BCUT2D eigenvalue weighted by atomic mass is 10.1. The average Bonchev–Trinajstić information content (AvgIpc) is 2.66. The van der Waals surface area contributed by atoms with Crippen molar-refractivity contribution in [3.8, 4) is 0 Å². The van der Waals surface area contributed by atoms with Crippen molar-refractivity contribution in [3.05, 3.63) is 59.3 Å². The maximum absolute atomic E-state index is 6.22. The summed E-state index contributed by atoms with van der Waals surface area (Å²) in [6.07, 6.45) is 0.930. The van der Waals surface area contributed by atoms with Crippen LogP contribution < -0.4 is 11.1 Å². The Kier molecular flexibility index (Phi) is 2.76. The molecular formula is C15H17N3. The van der Waals surface area contributed by atoms with Gasteiger partial charge in [0, 0.05) is 11.7 Å². The summed E-state index contributed by atoms with van der Waals surface area (Å²) in [5, 5.41) is 3.45. The molecule has 0 fully saturated rings. The molecule has 1 aliphatic rings.